The lowest BCUT2D eigenvalue weighted by molar-refractivity contribution is -0.126. The molecule has 1 aromatic rings. The summed E-state index contributed by atoms with van der Waals surface area (Å²) in [5.41, 5.74) is 1.42. The SMILES string of the molecule is CC(=O)C(N=Nc1ccc2c(c1)COCO2)C(C)=O. The normalized spacial score (nSPS) is 14.3. The molecular formula is C13H14N2O4. The first kappa shape index (κ1) is 13.4. The van der Waals surface area contributed by atoms with Crippen molar-refractivity contribution in [2.45, 2.75) is 26.5 Å². The summed E-state index contributed by atoms with van der Waals surface area (Å²) >= 11 is 0. The van der Waals surface area contributed by atoms with E-state index in [0.29, 0.717) is 12.3 Å². The van der Waals surface area contributed by atoms with E-state index in [4.69, 9.17) is 9.47 Å². The summed E-state index contributed by atoms with van der Waals surface area (Å²) in [6.07, 6.45) is 0. The second-order valence-corrected chi connectivity index (χ2v) is 4.24. The molecule has 6 heteroatoms. The number of hydrogen-bond donors (Lipinski definition) is 0. The van der Waals surface area contributed by atoms with Gasteiger partial charge >= 0.3 is 0 Å². The maximum Gasteiger partial charge on any atom is 0.189 e. The molecular weight excluding hydrogens is 248 g/mol. The number of azo groups is 1. The van der Waals surface area contributed by atoms with Crippen LogP contribution in [0.1, 0.15) is 19.4 Å². The predicted molar refractivity (Wildman–Crippen MR) is 66.4 cm³/mol. The molecule has 0 N–H and O–H groups in total. The maximum absolute atomic E-state index is 11.2. The van der Waals surface area contributed by atoms with Gasteiger partial charge in [-0.25, -0.2) is 0 Å². The quantitative estimate of drug-likeness (QED) is 0.615. The average Bonchev–Trinajstić information content (AvgIpc) is 2.38. The summed E-state index contributed by atoms with van der Waals surface area (Å²) in [5, 5.41) is 7.72. The molecule has 1 aliphatic heterocycles. The third-order valence-electron chi connectivity index (χ3n) is 2.66. The van der Waals surface area contributed by atoms with Crippen molar-refractivity contribution in [2.75, 3.05) is 6.79 Å². The summed E-state index contributed by atoms with van der Waals surface area (Å²) < 4.78 is 10.4. The van der Waals surface area contributed by atoms with Gasteiger partial charge in [-0.05, 0) is 32.0 Å². The van der Waals surface area contributed by atoms with Crippen LogP contribution >= 0.6 is 0 Å². The number of fused-ring (bicyclic) bond motifs is 1. The van der Waals surface area contributed by atoms with E-state index in [2.05, 4.69) is 10.2 Å². The number of Topliss-reactive ketones (excluding diaryl/α,β-unsaturated/α-hetero) is 2. The summed E-state index contributed by atoms with van der Waals surface area (Å²) in [4.78, 5) is 22.4. The van der Waals surface area contributed by atoms with Crippen LogP contribution in [0.25, 0.3) is 0 Å². The summed E-state index contributed by atoms with van der Waals surface area (Å²) in [6, 6.07) is 4.21. The number of benzene rings is 1. The van der Waals surface area contributed by atoms with E-state index in [1.807, 2.05) is 0 Å². The highest BCUT2D eigenvalue weighted by Gasteiger charge is 2.18. The molecule has 0 aromatic heterocycles. The highest BCUT2D eigenvalue weighted by Crippen LogP contribution is 2.28. The van der Waals surface area contributed by atoms with Gasteiger partial charge in [0.2, 0.25) is 0 Å². The molecule has 0 bridgehead atoms. The van der Waals surface area contributed by atoms with Crippen molar-refractivity contribution in [2.24, 2.45) is 10.2 Å². The van der Waals surface area contributed by atoms with Gasteiger partial charge < -0.3 is 9.47 Å². The smallest absolute Gasteiger partial charge is 0.189 e. The molecule has 19 heavy (non-hydrogen) atoms. The molecule has 0 saturated heterocycles. The fraction of sp³-hybridized carbons (Fsp3) is 0.385. The molecule has 0 unspecified atom stereocenters. The minimum Gasteiger partial charge on any atom is -0.467 e. The summed E-state index contributed by atoms with van der Waals surface area (Å²) in [5.74, 6) is 0.113. The van der Waals surface area contributed by atoms with Gasteiger partial charge in [0.15, 0.2) is 24.4 Å². The number of rotatable bonds is 4. The van der Waals surface area contributed by atoms with Crippen LogP contribution in [-0.4, -0.2) is 24.4 Å². The first-order valence-corrected chi connectivity index (χ1v) is 5.83. The van der Waals surface area contributed by atoms with Crippen LogP contribution < -0.4 is 4.74 Å². The van der Waals surface area contributed by atoms with Crippen LogP contribution in [0.4, 0.5) is 5.69 Å². The van der Waals surface area contributed by atoms with E-state index >= 15 is 0 Å². The monoisotopic (exact) mass is 262 g/mol. The number of carbonyl (C=O) groups excluding carboxylic acids is 2. The van der Waals surface area contributed by atoms with Crippen LogP contribution in [0.2, 0.25) is 0 Å². The van der Waals surface area contributed by atoms with E-state index in [9.17, 15) is 9.59 Å². The standard InChI is InChI=1S/C13H14N2O4/c1-8(16)13(9(2)17)15-14-11-3-4-12-10(5-11)6-18-7-19-12/h3-5,13H,6-7H2,1-2H3. The van der Waals surface area contributed by atoms with Crippen molar-refractivity contribution in [1.82, 2.24) is 0 Å². The second kappa shape index (κ2) is 5.71. The van der Waals surface area contributed by atoms with Crippen molar-refractivity contribution in [3.63, 3.8) is 0 Å². The van der Waals surface area contributed by atoms with Crippen molar-refractivity contribution >= 4 is 17.3 Å². The van der Waals surface area contributed by atoms with Gasteiger partial charge in [0.25, 0.3) is 0 Å². The largest absolute Gasteiger partial charge is 0.467 e. The van der Waals surface area contributed by atoms with Gasteiger partial charge in [0.05, 0.1) is 12.3 Å². The number of nitrogens with zero attached hydrogens (tertiary/aromatic N) is 2. The molecule has 0 fully saturated rings. The van der Waals surface area contributed by atoms with Crippen LogP contribution in [0.5, 0.6) is 5.75 Å². The van der Waals surface area contributed by atoms with Gasteiger partial charge in [0, 0.05) is 5.56 Å². The Kier molecular flexibility index (Phi) is 4.01. The number of ketones is 2. The maximum atomic E-state index is 11.2. The summed E-state index contributed by atoms with van der Waals surface area (Å²) in [6.45, 7) is 3.32. The van der Waals surface area contributed by atoms with Crippen LogP contribution in [0.15, 0.2) is 28.4 Å². The molecule has 0 spiro atoms. The van der Waals surface area contributed by atoms with Gasteiger partial charge in [-0.15, -0.1) is 0 Å². The molecule has 6 nitrogen and oxygen atoms in total. The zero-order chi connectivity index (χ0) is 13.8. The number of carbonyl (C=O) groups is 2. The zero-order valence-corrected chi connectivity index (χ0v) is 10.8. The number of hydrogen-bond acceptors (Lipinski definition) is 6. The molecule has 100 valence electrons. The first-order valence-electron chi connectivity index (χ1n) is 5.83. The third-order valence-corrected chi connectivity index (χ3v) is 2.66. The minimum atomic E-state index is -1.02. The van der Waals surface area contributed by atoms with E-state index in [1.54, 1.807) is 18.2 Å². The van der Waals surface area contributed by atoms with Crippen molar-refractivity contribution in [1.29, 1.82) is 0 Å². The topological polar surface area (TPSA) is 77.3 Å². The first-order chi connectivity index (χ1) is 9.08. The van der Waals surface area contributed by atoms with Crippen LogP contribution in [0.3, 0.4) is 0 Å². The fourth-order valence-corrected chi connectivity index (χ4v) is 1.71. The lowest BCUT2D eigenvalue weighted by Crippen LogP contribution is -2.23. The average molecular weight is 262 g/mol. The third kappa shape index (κ3) is 3.23. The molecule has 1 aromatic carbocycles. The Bertz CT molecular complexity index is 525. The van der Waals surface area contributed by atoms with Crippen molar-refractivity contribution in [3.05, 3.63) is 23.8 Å². The summed E-state index contributed by atoms with van der Waals surface area (Å²) in [7, 11) is 0. The lowest BCUT2D eigenvalue weighted by Gasteiger charge is -2.17. The van der Waals surface area contributed by atoms with Crippen LogP contribution in [-0.2, 0) is 20.9 Å². The zero-order valence-electron chi connectivity index (χ0n) is 10.8. The minimum absolute atomic E-state index is 0.241. The lowest BCUT2D eigenvalue weighted by atomic mass is 10.1. The Hall–Kier alpha value is -2.08. The van der Waals surface area contributed by atoms with Crippen molar-refractivity contribution < 1.29 is 19.1 Å². The molecule has 1 heterocycles. The predicted octanol–water partition coefficient (Wildman–Crippen LogP) is 2.18. The molecule has 0 radical (unpaired) electrons. The van der Waals surface area contributed by atoms with Gasteiger partial charge in [-0.1, -0.05) is 0 Å². The van der Waals surface area contributed by atoms with E-state index < -0.39 is 6.04 Å². The Morgan fingerprint density at radius 2 is 2.00 bits per heavy atom. The number of ether oxygens (including phenoxy) is 2. The molecule has 2 rings (SSSR count). The Morgan fingerprint density at radius 1 is 1.26 bits per heavy atom. The van der Waals surface area contributed by atoms with Gasteiger partial charge in [-0.3, -0.25) is 9.59 Å². The Balaban J connectivity index is 2.18. The van der Waals surface area contributed by atoms with Crippen LogP contribution in [0, 0.1) is 0 Å². The van der Waals surface area contributed by atoms with E-state index in [-0.39, 0.29) is 18.4 Å². The fourth-order valence-electron chi connectivity index (χ4n) is 1.71. The van der Waals surface area contributed by atoms with Gasteiger partial charge in [0.1, 0.15) is 5.75 Å². The molecule has 0 aliphatic carbocycles. The second-order valence-electron chi connectivity index (χ2n) is 4.24. The van der Waals surface area contributed by atoms with E-state index in [0.717, 1.165) is 11.3 Å². The van der Waals surface area contributed by atoms with E-state index in [1.165, 1.54) is 13.8 Å². The Morgan fingerprint density at radius 3 is 2.68 bits per heavy atom. The highest BCUT2D eigenvalue weighted by atomic mass is 16.7. The Labute approximate surface area is 110 Å². The molecule has 0 amide bonds. The molecule has 0 atom stereocenters. The van der Waals surface area contributed by atoms with Gasteiger partial charge in [-0.2, -0.15) is 10.2 Å². The highest BCUT2D eigenvalue weighted by molar-refractivity contribution is 6.04. The molecule has 1 aliphatic rings. The molecule has 0 saturated carbocycles. The van der Waals surface area contributed by atoms with Crippen molar-refractivity contribution in [3.8, 4) is 5.75 Å².